The van der Waals surface area contributed by atoms with Crippen LogP contribution in [0.3, 0.4) is 0 Å². The minimum absolute atomic E-state index is 0.0334. The van der Waals surface area contributed by atoms with E-state index >= 15 is 0 Å². The summed E-state index contributed by atoms with van der Waals surface area (Å²) >= 11 is 5.45. The Hall–Kier alpha value is -2.74. The van der Waals surface area contributed by atoms with Crippen LogP contribution in [0.25, 0.3) is 11.3 Å². The van der Waals surface area contributed by atoms with E-state index in [9.17, 15) is 14.9 Å². The van der Waals surface area contributed by atoms with Crippen molar-refractivity contribution in [3.63, 3.8) is 0 Å². The molecule has 4 aliphatic carbocycles. The maximum atomic E-state index is 12.7. The Morgan fingerprint density at radius 1 is 1.16 bits per heavy atom. The van der Waals surface area contributed by atoms with Crippen LogP contribution in [0, 0.1) is 33.3 Å². The molecule has 168 valence electrons. The standard InChI is InChI=1S/C24H27N3O4S/c1-14(24-11-15-7-16(12-24)9-17(8-15)13-24)25-23(32)26-22(28)21-6-5-20(31-21)18-3-2-4-19(10-18)27(29)30/h2-6,10,14-17H,7-9,11-13H2,1H3,(H2,25,26,28,32)/t14-,15?,16?,17?,24?/m1/s1. The minimum Gasteiger partial charge on any atom is -0.451 e. The van der Waals surface area contributed by atoms with Gasteiger partial charge in [0.15, 0.2) is 10.9 Å². The fourth-order valence-corrected chi connectivity index (χ4v) is 6.92. The first-order valence-corrected chi connectivity index (χ1v) is 11.7. The van der Waals surface area contributed by atoms with Gasteiger partial charge in [0.1, 0.15) is 5.76 Å². The zero-order chi connectivity index (χ0) is 22.5. The lowest BCUT2D eigenvalue weighted by Gasteiger charge is -2.59. The predicted molar refractivity (Wildman–Crippen MR) is 124 cm³/mol. The average Bonchev–Trinajstić information content (AvgIpc) is 3.23. The third-order valence-corrected chi connectivity index (χ3v) is 7.97. The van der Waals surface area contributed by atoms with Crippen LogP contribution in [0.4, 0.5) is 5.69 Å². The molecule has 1 aromatic heterocycles. The lowest BCUT2D eigenvalue weighted by Crippen LogP contribution is -2.57. The van der Waals surface area contributed by atoms with Crippen LogP contribution in [-0.2, 0) is 0 Å². The number of carbonyl (C=O) groups is 1. The zero-order valence-electron chi connectivity index (χ0n) is 18.0. The van der Waals surface area contributed by atoms with Crippen LogP contribution in [0.1, 0.15) is 56.0 Å². The number of hydrogen-bond acceptors (Lipinski definition) is 5. The Morgan fingerprint density at radius 2 is 1.81 bits per heavy atom. The molecule has 7 nitrogen and oxygen atoms in total. The molecular weight excluding hydrogens is 426 g/mol. The minimum atomic E-state index is -0.463. The first kappa shape index (κ1) is 21.1. The van der Waals surface area contributed by atoms with Crippen molar-refractivity contribution in [3.8, 4) is 11.3 Å². The van der Waals surface area contributed by atoms with E-state index in [2.05, 4.69) is 17.6 Å². The summed E-state index contributed by atoms with van der Waals surface area (Å²) in [4.78, 5) is 23.2. The number of nitrogens with one attached hydrogen (secondary N) is 2. The number of nitrogens with zero attached hydrogens (tertiary/aromatic N) is 1. The Morgan fingerprint density at radius 3 is 2.44 bits per heavy atom. The van der Waals surface area contributed by atoms with Crippen molar-refractivity contribution in [3.05, 3.63) is 52.3 Å². The molecule has 4 bridgehead atoms. The molecule has 1 aromatic carbocycles. The molecule has 4 saturated carbocycles. The normalized spacial score (nSPS) is 28.8. The molecule has 8 heteroatoms. The Bertz CT molecular complexity index is 1040. The quantitative estimate of drug-likeness (QED) is 0.373. The van der Waals surface area contributed by atoms with Crippen LogP contribution in [0.2, 0.25) is 0 Å². The molecule has 0 saturated heterocycles. The van der Waals surface area contributed by atoms with Gasteiger partial charge in [-0.05, 0) is 93.0 Å². The molecule has 0 spiro atoms. The molecular formula is C24H27N3O4S. The van der Waals surface area contributed by atoms with E-state index in [4.69, 9.17) is 16.6 Å². The molecule has 0 aliphatic heterocycles. The fraction of sp³-hybridized carbons (Fsp3) is 0.500. The predicted octanol–water partition coefficient (Wildman–Crippen LogP) is 5.06. The summed E-state index contributed by atoms with van der Waals surface area (Å²) in [6.45, 7) is 2.19. The molecule has 4 aliphatic rings. The van der Waals surface area contributed by atoms with Crippen LogP contribution in [0.5, 0.6) is 0 Å². The molecule has 0 unspecified atom stereocenters. The van der Waals surface area contributed by atoms with Gasteiger partial charge in [0.25, 0.3) is 11.6 Å². The molecule has 4 fully saturated rings. The highest BCUT2D eigenvalue weighted by Gasteiger charge is 2.53. The summed E-state index contributed by atoms with van der Waals surface area (Å²) in [5.41, 5.74) is 0.784. The maximum absolute atomic E-state index is 12.7. The fourth-order valence-electron chi connectivity index (χ4n) is 6.65. The molecule has 0 radical (unpaired) electrons. The number of nitro groups is 1. The van der Waals surface area contributed by atoms with Crippen LogP contribution in [-0.4, -0.2) is 22.0 Å². The van der Waals surface area contributed by atoms with Crippen molar-refractivity contribution in [2.75, 3.05) is 0 Å². The highest BCUT2D eigenvalue weighted by Crippen LogP contribution is 2.61. The third kappa shape index (κ3) is 3.92. The van der Waals surface area contributed by atoms with Gasteiger partial charge in [0.05, 0.1) is 4.92 Å². The number of non-ortho nitro benzene ring substituents is 1. The molecule has 1 heterocycles. The third-order valence-electron chi connectivity index (χ3n) is 7.75. The summed E-state index contributed by atoms with van der Waals surface area (Å²) in [6.07, 6.45) is 7.94. The lowest BCUT2D eigenvalue weighted by atomic mass is 9.48. The van der Waals surface area contributed by atoms with Crippen LogP contribution < -0.4 is 10.6 Å². The van der Waals surface area contributed by atoms with E-state index in [0.717, 1.165) is 17.8 Å². The van der Waals surface area contributed by atoms with Crippen LogP contribution >= 0.6 is 12.2 Å². The number of carbonyl (C=O) groups excluding carboxylic acids is 1. The zero-order valence-corrected chi connectivity index (χ0v) is 18.8. The number of amides is 1. The molecule has 6 rings (SSSR count). The number of furan rings is 1. The smallest absolute Gasteiger partial charge is 0.293 e. The van der Waals surface area contributed by atoms with E-state index in [1.165, 1.54) is 50.7 Å². The summed E-state index contributed by atoms with van der Waals surface area (Å²) in [5, 5.41) is 17.4. The van der Waals surface area contributed by atoms with Gasteiger partial charge < -0.3 is 9.73 Å². The second-order valence-corrected chi connectivity index (χ2v) is 10.3. The summed E-state index contributed by atoms with van der Waals surface area (Å²) in [5.74, 6) is 2.62. The number of hydrogen-bond donors (Lipinski definition) is 2. The first-order chi connectivity index (χ1) is 15.3. The van der Waals surface area contributed by atoms with Gasteiger partial charge in [-0.1, -0.05) is 12.1 Å². The second kappa shape index (κ2) is 7.99. The van der Waals surface area contributed by atoms with Gasteiger partial charge in [0, 0.05) is 23.7 Å². The number of thiocarbonyl (C=S) groups is 1. The van der Waals surface area contributed by atoms with E-state index in [1.807, 2.05) is 0 Å². The van der Waals surface area contributed by atoms with Crippen molar-refractivity contribution in [1.29, 1.82) is 0 Å². The topological polar surface area (TPSA) is 97.4 Å². The lowest BCUT2D eigenvalue weighted by molar-refractivity contribution is -0.384. The molecule has 1 atom stereocenters. The highest BCUT2D eigenvalue weighted by atomic mass is 32.1. The maximum Gasteiger partial charge on any atom is 0.293 e. The summed E-state index contributed by atoms with van der Waals surface area (Å²) in [7, 11) is 0. The van der Waals surface area contributed by atoms with Crippen molar-refractivity contribution >= 4 is 28.9 Å². The Balaban J connectivity index is 1.22. The number of benzene rings is 1. The Kier molecular flexibility index (Phi) is 5.28. The number of rotatable bonds is 5. The van der Waals surface area contributed by atoms with Gasteiger partial charge in [-0.2, -0.15) is 0 Å². The van der Waals surface area contributed by atoms with E-state index < -0.39 is 10.8 Å². The van der Waals surface area contributed by atoms with Gasteiger partial charge in [-0.3, -0.25) is 20.2 Å². The van der Waals surface area contributed by atoms with E-state index in [-0.39, 0.29) is 22.9 Å². The van der Waals surface area contributed by atoms with E-state index in [1.54, 1.807) is 24.3 Å². The monoisotopic (exact) mass is 453 g/mol. The van der Waals surface area contributed by atoms with Crippen LogP contribution in [0.15, 0.2) is 40.8 Å². The Labute approximate surface area is 192 Å². The van der Waals surface area contributed by atoms with Gasteiger partial charge >= 0.3 is 0 Å². The van der Waals surface area contributed by atoms with Crippen molar-refractivity contribution in [1.82, 2.24) is 10.6 Å². The summed E-state index contributed by atoms with van der Waals surface area (Å²) in [6, 6.07) is 9.50. The van der Waals surface area contributed by atoms with Gasteiger partial charge in [-0.25, -0.2) is 0 Å². The van der Waals surface area contributed by atoms with Gasteiger partial charge in [-0.15, -0.1) is 0 Å². The van der Waals surface area contributed by atoms with Crippen molar-refractivity contribution in [2.24, 2.45) is 23.2 Å². The average molecular weight is 454 g/mol. The molecule has 1 amide bonds. The van der Waals surface area contributed by atoms with Crippen molar-refractivity contribution in [2.45, 2.75) is 51.5 Å². The summed E-state index contributed by atoms with van der Waals surface area (Å²) < 4.78 is 5.65. The van der Waals surface area contributed by atoms with E-state index in [0.29, 0.717) is 16.4 Å². The first-order valence-electron chi connectivity index (χ1n) is 11.3. The number of nitro benzene ring substituents is 1. The second-order valence-electron chi connectivity index (χ2n) is 9.90. The van der Waals surface area contributed by atoms with Crippen molar-refractivity contribution < 1.29 is 14.1 Å². The molecule has 2 N–H and O–H groups in total. The van der Waals surface area contributed by atoms with Gasteiger partial charge in [0.2, 0.25) is 0 Å². The SMILES string of the molecule is C[C@@H](NC(=S)NC(=O)c1ccc(-c2cccc([N+](=O)[O-])c2)o1)C12CC3CC(CC(C3)C1)C2. The highest BCUT2D eigenvalue weighted by molar-refractivity contribution is 7.80. The molecule has 2 aromatic rings. The molecule has 32 heavy (non-hydrogen) atoms. The largest absolute Gasteiger partial charge is 0.451 e.